The molecule has 3 nitrogen and oxygen atoms in total. The number of halogens is 2. The summed E-state index contributed by atoms with van der Waals surface area (Å²) in [4.78, 5) is 18.8. The van der Waals surface area contributed by atoms with Crippen LogP contribution in [0.3, 0.4) is 0 Å². The molecule has 3 rings (SSSR count). The van der Waals surface area contributed by atoms with Gasteiger partial charge < -0.3 is 4.90 Å². The molecule has 108 valence electrons. The quantitative estimate of drug-likeness (QED) is 0.726. The Kier molecular flexibility index (Phi) is 4.40. The molecule has 5 heteroatoms. The fourth-order valence-corrected chi connectivity index (χ4v) is 4.08. The third-order valence-corrected chi connectivity index (χ3v) is 4.63. The van der Waals surface area contributed by atoms with Crippen LogP contribution in [0.4, 0.5) is 0 Å². The highest BCUT2D eigenvalue weighted by Crippen LogP contribution is 2.33. The molecule has 0 bridgehead atoms. The zero-order chi connectivity index (χ0) is 14.8. The van der Waals surface area contributed by atoms with Crippen molar-refractivity contribution in [1.29, 1.82) is 0 Å². The number of hydrogen-bond donors (Lipinski definition) is 0. The smallest absolute Gasteiger partial charge is 0.254 e. The minimum atomic E-state index is 0.0799. The van der Waals surface area contributed by atoms with Crippen molar-refractivity contribution in [3.8, 4) is 0 Å². The Morgan fingerprint density at radius 1 is 1.14 bits per heavy atom. The molecule has 0 saturated carbocycles. The van der Waals surface area contributed by atoms with E-state index in [2.05, 4.69) is 36.8 Å². The summed E-state index contributed by atoms with van der Waals surface area (Å²) >= 11 is 6.88. The lowest BCUT2D eigenvalue weighted by molar-refractivity contribution is 0.0735. The van der Waals surface area contributed by atoms with Gasteiger partial charge in [-0.05, 0) is 48.7 Å². The molecule has 21 heavy (non-hydrogen) atoms. The fraction of sp³-hybridized carbons (Fsp3) is 0.250. The minimum absolute atomic E-state index is 0.0799. The lowest BCUT2D eigenvalue weighted by Crippen LogP contribution is -2.30. The van der Waals surface area contributed by atoms with Gasteiger partial charge in [0.2, 0.25) is 0 Å². The molecule has 1 saturated heterocycles. The van der Waals surface area contributed by atoms with Gasteiger partial charge in [-0.2, -0.15) is 0 Å². The molecule has 2 heterocycles. The third kappa shape index (κ3) is 3.19. The standard InChI is InChI=1S/C16H14Br2N2O/c17-13-8-12(9-14(18)10-13)16(21)20-7-1-2-15(20)11-3-5-19-6-4-11/h3-6,8-10,15H,1-2,7H2. The largest absolute Gasteiger partial charge is 0.332 e. The first kappa shape index (κ1) is 14.7. The fourth-order valence-electron chi connectivity index (χ4n) is 2.79. The van der Waals surface area contributed by atoms with E-state index in [-0.39, 0.29) is 11.9 Å². The monoisotopic (exact) mass is 408 g/mol. The van der Waals surface area contributed by atoms with Gasteiger partial charge in [0.15, 0.2) is 0 Å². The van der Waals surface area contributed by atoms with E-state index in [1.165, 1.54) is 0 Å². The summed E-state index contributed by atoms with van der Waals surface area (Å²) in [6.45, 7) is 0.802. The number of benzene rings is 1. The Bertz CT molecular complexity index is 640. The number of carbonyl (C=O) groups excluding carboxylic acids is 1. The van der Waals surface area contributed by atoms with Crippen molar-refractivity contribution in [2.45, 2.75) is 18.9 Å². The maximum absolute atomic E-state index is 12.8. The molecule has 0 aliphatic carbocycles. The number of likely N-dealkylation sites (tertiary alicyclic amines) is 1. The van der Waals surface area contributed by atoms with Crippen LogP contribution < -0.4 is 0 Å². The van der Waals surface area contributed by atoms with E-state index in [4.69, 9.17) is 0 Å². The molecule has 2 aromatic rings. The second-order valence-electron chi connectivity index (χ2n) is 5.10. The molecule has 0 N–H and O–H groups in total. The average Bonchev–Trinajstić information content (AvgIpc) is 2.95. The molecule has 1 aliphatic rings. The summed E-state index contributed by atoms with van der Waals surface area (Å²) in [5.41, 5.74) is 1.86. The maximum Gasteiger partial charge on any atom is 0.254 e. The maximum atomic E-state index is 12.8. The number of carbonyl (C=O) groups is 1. The van der Waals surface area contributed by atoms with Crippen molar-refractivity contribution in [2.75, 3.05) is 6.54 Å². The Morgan fingerprint density at radius 2 is 1.81 bits per heavy atom. The minimum Gasteiger partial charge on any atom is -0.332 e. The van der Waals surface area contributed by atoms with Crippen LogP contribution in [-0.2, 0) is 0 Å². The van der Waals surface area contributed by atoms with Crippen LogP contribution in [-0.4, -0.2) is 22.3 Å². The van der Waals surface area contributed by atoms with E-state index in [9.17, 15) is 4.79 Å². The highest BCUT2D eigenvalue weighted by molar-refractivity contribution is 9.11. The molecule has 1 fully saturated rings. The first-order valence-corrected chi connectivity index (χ1v) is 8.41. The topological polar surface area (TPSA) is 33.2 Å². The molecule has 1 atom stereocenters. The normalized spacial score (nSPS) is 18.0. The van der Waals surface area contributed by atoms with Gasteiger partial charge >= 0.3 is 0 Å². The first-order valence-electron chi connectivity index (χ1n) is 6.82. The molecule has 1 aromatic heterocycles. The van der Waals surface area contributed by atoms with Crippen LogP contribution in [0, 0.1) is 0 Å². The lowest BCUT2D eigenvalue weighted by Gasteiger charge is -2.25. The molecule has 1 aliphatic heterocycles. The molecule has 0 spiro atoms. The Labute approximate surface area is 140 Å². The van der Waals surface area contributed by atoms with Gasteiger partial charge in [-0.25, -0.2) is 0 Å². The lowest BCUT2D eigenvalue weighted by atomic mass is 10.1. The molecule has 1 unspecified atom stereocenters. The number of pyridine rings is 1. The predicted octanol–water partition coefficient (Wildman–Crippen LogP) is 4.58. The molecule has 1 aromatic carbocycles. The van der Waals surface area contributed by atoms with Crippen molar-refractivity contribution in [2.24, 2.45) is 0 Å². The third-order valence-electron chi connectivity index (χ3n) is 3.71. The van der Waals surface area contributed by atoms with Crippen LogP contribution >= 0.6 is 31.9 Å². The summed E-state index contributed by atoms with van der Waals surface area (Å²) < 4.78 is 1.81. The number of rotatable bonds is 2. The number of hydrogen-bond acceptors (Lipinski definition) is 2. The van der Waals surface area contributed by atoms with Gasteiger partial charge in [-0.3, -0.25) is 9.78 Å². The van der Waals surface area contributed by atoms with E-state index in [1.54, 1.807) is 12.4 Å². The molecular weight excluding hydrogens is 396 g/mol. The summed E-state index contributed by atoms with van der Waals surface area (Å²) in [5.74, 6) is 0.0799. The van der Waals surface area contributed by atoms with Crippen molar-refractivity contribution in [3.05, 3.63) is 62.8 Å². The second kappa shape index (κ2) is 6.28. The van der Waals surface area contributed by atoms with Crippen molar-refractivity contribution in [3.63, 3.8) is 0 Å². The predicted molar refractivity (Wildman–Crippen MR) is 89.1 cm³/mol. The Morgan fingerprint density at radius 3 is 2.48 bits per heavy atom. The van der Waals surface area contributed by atoms with E-state index in [0.29, 0.717) is 5.56 Å². The average molecular weight is 410 g/mol. The Hall–Kier alpha value is -1.20. The number of aromatic nitrogens is 1. The number of amides is 1. The van der Waals surface area contributed by atoms with Gasteiger partial charge in [0.1, 0.15) is 0 Å². The van der Waals surface area contributed by atoms with Crippen molar-refractivity contribution >= 4 is 37.8 Å². The summed E-state index contributed by atoms with van der Waals surface area (Å²) in [7, 11) is 0. The van der Waals surface area contributed by atoms with Gasteiger partial charge in [0, 0.05) is 33.4 Å². The van der Waals surface area contributed by atoms with Crippen molar-refractivity contribution in [1.82, 2.24) is 9.88 Å². The van der Waals surface area contributed by atoms with Gasteiger partial charge in [-0.1, -0.05) is 31.9 Å². The van der Waals surface area contributed by atoms with E-state index < -0.39 is 0 Å². The van der Waals surface area contributed by atoms with Crippen LogP contribution in [0.15, 0.2) is 51.7 Å². The highest BCUT2D eigenvalue weighted by Gasteiger charge is 2.30. The van der Waals surface area contributed by atoms with Crippen LogP contribution in [0.1, 0.15) is 34.8 Å². The van der Waals surface area contributed by atoms with E-state index in [1.807, 2.05) is 35.2 Å². The van der Waals surface area contributed by atoms with Crippen LogP contribution in [0.2, 0.25) is 0 Å². The van der Waals surface area contributed by atoms with Gasteiger partial charge in [-0.15, -0.1) is 0 Å². The van der Waals surface area contributed by atoms with Gasteiger partial charge in [0.05, 0.1) is 6.04 Å². The van der Waals surface area contributed by atoms with Crippen LogP contribution in [0.25, 0.3) is 0 Å². The molecular formula is C16H14Br2N2O. The summed E-state index contributed by atoms with van der Waals surface area (Å²) in [5, 5.41) is 0. The van der Waals surface area contributed by atoms with Crippen LogP contribution in [0.5, 0.6) is 0 Å². The number of nitrogens with zero attached hydrogens (tertiary/aromatic N) is 2. The molecule has 1 amide bonds. The molecule has 0 radical (unpaired) electrons. The summed E-state index contributed by atoms with van der Waals surface area (Å²) in [6, 6.07) is 9.81. The zero-order valence-electron chi connectivity index (χ0n) is 11.3. The SMILES string of the molecule is O=C(c1cc(Br)cc(Br)c1)N1CCCC1c1ccncc1. The zero-order valence-corrected chi connectivity index (χ0v) is 14.5. The van der Waals surface area contributed by atoms with E-state index in [0.717, 1.165) is 33.9 Å². The van der Waals surface area contributed by atoms with E-state index >= 15 is 0 Å². The second-order valence-corrected chi connectivity index (χ2v) is 6.93. The first-order chi connectivity index (χ1) is 10.1. The van der Waals surface area contributed by atoms with Gasteiger partial charge in [0.25, 0.3) is 5.91 Å². The summed E-state index contributed by atoms with van der Waals surface area (Å²) in [6.07, 6.45) is 5.61. The van der Waals surface area contributed by atoms with Crippen molar-refractivity contribution < 1.29 is 4.79 Å². The highest BCUT2D eigenvalue weighted by atomic mass is 79.9. The Balaban J connectivity index is 1.90.